The zero-order chi connectivity index (χ0) is 15.8. The molecule has 0 radical (unpaired) electrons. The Hall–Kier alpha value is -2.67. The van der Waals surface area contributed by atoms with Crippen LogP contribution in [-0.2, 0) is 0 Å². The first-order chi connectivity index (χ1) is 10.8. The molecule has 0 aliphatic heterocycles. The van der Waals surface area contributed by atoms with E-state index < -0.39 is 0 Å². The Bertz CT molecular complexity index is 649. The van der Waals surface area contributed by atoms with Gasteiger partial charge in [-0.2, -0.15) is 5.26 Å². The molecule has 22 heavy (non-hydrogen) atoms. The zero-order valence-corrected chi connectivity index (χ0v) is 12.8. The fourth-order valence-corrected chi connectivity index (χ4v) is 2.23. The molecule has 0 aliphatic carbocycles. The number of hydrogen-bond acceptors (Lipinski definition) is 4. The molecule has 0 amide bonds. The smallest absolute Gasteiger partial charge is 0.123 e. The number of para-hydroxylation sites is 1. The molecule has 1 atom stereocenters. The van der Waals surface area contributed by atoms with Gasteiger partial charge in [0, 0.05) is 18.1 Å². The van der Waals surface area contributed by atoms with E-state index in [-0.39, 0.29) is 5.92 Å². The first-order valence-corrected chi connectivity index (χ1v) is 7.08. The van der Waals surface area contributed by atoms with Crippen molar-refractivity contribution >= 4 is 0 Å². The number of ether oxygens (including phenoxy) is 3. The molecule has 0 saturated heterocycles. The molecule has 0 heterocycles. The Morgan fingerprint density at radius 3 is 2.50 bits per heavy atom. The van der Waals surface area contributed by atoms with Crippen molar-refractivity contribution in [1.82, 2.24) is 0 Å². The van der Waals surface area contributed by atoms with Crippen LogP contribution in [0.3, 0.4) is 0 Å². The highest BCUT2D eigenvalue weighted by molar-refractivity contribution is 5.39. The fraction of sp³-hybridized carbons (Fsp3) is 0.278. The summed E-state index contributed by atoms with van der Waals surface area (Å²) in [7, 11) is 3.23. The Morgan fingerprint density at radius 2 is 1.77 bits per heavy atom. The van der Waals surface area contributed by atoms with E-state index in [0.717, 1.165) is 22.8 Å². The second-order valence-electron chi connectivity index (χ2n) is 4.74. The summed E-state index contributed by atoms with van der Waals surface area (Å²) in [6.45, 7) is 0.448. The molecule has 2 aromatic rings. The third kappa shape index (κ3) is 3.92. The van der Waals surface area contributed by atoms with Crippen LogP contribution in [-0.4, -0.2) is 20.8 Å². The van der Waals surface area contributed by atoms with Crippen LogP contribution in [0.2, 0.25) is 0 Å². The van der Waals surface area contributed by atoms with Crippen molar-refractivity contribution in [3.05, 3.63) is 54.1 Å². The summed E-state index contributed by atoms with van der Waals surface area (Å²) in [6.07, 6.45) is 0.591. The highest BCUT2D eigenvalue weighted by Gasteiger charge is 2.15. The normalized spacial score (nSPS) is 11.3. The summed E-state index contributed by atoms with van der Waals surface area (Å²) in [4.78, 5) is 0. The first-order valence-electron chi connectivity index (χ1n) is 7.08. The van der Waals surface area contributed by atoms with Gasteiger partial charge in [-0.1, -0.05) is 24.3 Å². The lowest BCUT2D eigenvalue weighted by Crippen LogP contribution is -2.06. The largest absolute Gasteiger partial charge is 0.497 e. The van der Waals surface area contributed by atoms with Gasteiger partial charge in [-0.15, -0.1) is 0 Å². The van der Waals surface area contributed by atoms with Crippen molar-refractivity contribution in [3.63, 3.8) is 0 Å². The van der Waals surface area contributed by atoms with Crippen LogP contribution in [0.25, 0.3) is 0 Å². The Balaban J connectivity index is 1.98. The molecule has 0 spiro atoms. The van der Waals surface area contributed by atoms with E-state index >= 15 is 0 Å². The molecule has 4 nitrogen and oxygen atoms in total. The van der Waals surface area contributed by atoms with E-state index in [1.807, 2.05) is 48.5 Å². The highest BCUT2D eigenvalue weighted by Crippen LogP contribution is 2.28. The molecule has 2 rings (SSSR count). The molecular weight excluding hydrogens is 278 g/mol. The lowest BCUT2D eigenvalue weighted by molar-refractivity contribution is 0.302. The van der Waals surface area contributed by atoms with E-state index in [0.29, 0.717) is 13.0 Å². The van der Waals surface area contributed by atoms with Crippen molar-refractivity contribution < 1.29 is 14.2 Å². The monoisotopic (exact) mass is 297 g/mol. The van der Waals surface area contributed by atoms with Gasteiger partial charge in [0.2, 0.25) is 0 Å². The Morgan fingerprint density at radius 1 is 1.00 bits per heavy atom. The Kier molecular flexibility index (Phi) is 5.67. The maximum absolute atomic E-state index is 9.40. The van der Waals surface area contributed by atoms with E-state index in [9.17, 15) is 5.26 Å². The number of benzene rings is 2. The van der Waals surface area contributed by atoms with Gasteiger partial charge in [0.1, 0.15) is 17.2 Å². The van der Waals surface area contributed by atoms with Gasteiger partial charge in [0.15, 0.2) is 0 Å². The number of methoxy groups -OCH3 is 2. The van der Waals surface area contributed by atoms with E-state index in [1.54, 1.807) is 14.2 Å². The van der Waals surface area contributed by atoms with Crippen molar-refractivity contribution in [1.29, 1.82) is 5.26 Å². The average molecular weight is 297 g/mol. The van der Waals surface area contributed by atoms with E-state index in [4.69, 9.17) is 14.2 Å². The van der Waals surface area contributed by atoms with Crippen molar-refractivity contribution in [2.45, 2.75) is 12.3 Å². The van der Waals surface area contributed by atoms with Crippen molar-refractivity contribution in [2.24, 2.45) is 0 Å². The van der Waals surface area contributed by atoms with Gasteiger partial charge < -0.3 is 14.2 Å². The second kappa shape index (κ2) is 7.94. The van der Waals surface area contributed by atoms with Crippen LogP contribution in [0, 0.1) is 11.3 Å². The van der Waals surface area contributed by atoms with Gasteiger partial charge in [-0.05, 0) is 18.2 Å². The maximum atomic E-state index is 9.40. The predicted molar refractivity (Wildman–Crippen MR) is 84.5 cm³/mol. The van der Waals surface area contributed by atoms with Crippen LogP contribution >= 0.6 is 0 Å². The van der Waals surface area contributed by atoms with Gasteiger partial charge in [0.05, 0.1) is 32.8 Å². The quantitative estimate of drug-likeness (QED) is 0.780. The molecule has 0 aromatic heterocycles. The molecular formula is C18H19NO3. The first kappa shape index (κ1) is 15.7. The minimum absolute atomic E-state index is 0.262. The topological polar surface area (TPSA) is 51.5 Å². The van der Waals surface area contributed by atoms with E-state index in [1.165, 1.54) is 0 Å². The predicted octanol–water partition coefficient (Wildman–Crippen LogP) is 3.78. The molecule has 1 unspecified atom stereocenters. The lowest BCUT2D eigenvalue weighted by atomic mass is 9.97. The molecule has 0 saturated carbocycles. The molecule has 2 aromatic carbocycles. The molecule has 0 fully saturated rings. The Labute approximate surface area is 130 Å². The molecule has 0 aliphatic rings. The standard InChI is InChI=1S/C18H19NO3/c1-20-15-6-5-7-16(12-15)22-11-10-14(13-19)17-8-3-4-9-18(17)21-2/h3-9,12,14H,10-11H2,1-2H3. The minimum atomic E-state index is -0.262. The molecule has 0 N–H and O–H groups in total. The van der Waals surface area contributed by atoms with Crippen LogP contribution in [0.5, 0.6) is 17.2 Å². The van der Waals surface area contributed by atoms with Crippen molar-refractivity contribution in [3.8, 4) is 23.3 Å². The van der Waals surface area contributed by atoms with Crippen LogP contribution in [0.15, 0.2) is 48.5 Å². The van der Waals surface area contributed by atoms with Gasteiger partial charge in [-0.3, -0.25) is 0 Å². The fourth-order valence-electron chi connectivity index (χ4n) is 2.23. The van der Waals surface area contributed by atoms with Crippen molar-refractivity contribution in [2.75, 3.05) is 20.8 Å². The summed E-state index contributed by atoms with van der Waals surface area (Å²) in [6, 6.07) is 17.3. The third-order valence-corrected chi connectivity index (χ3v) is 3.39. The van der Waals surface area contributed by atoms with Crippen LogP contribution < -0.4 is 14.2 Å². The SMILES string of the molecule is COc1cccc(OCCC(C#N)c2ccccc2OC)c1. The summed E-state index contributed by atoms with van der Waals surface area (Å²) >= 11 is 0. The molecule has 0 bridgehead atoms. The van der Waals surface area contributed by atoms with Gasteiger partial charge in [-0.25, -0.2) is 0 Å². The van der Waals surface area contributed by atoms with Gasteiger partial charge >= 0.3 is 0 Å². The lowest BCUT2D eigenvalue weighted by Gasteiger charge is -2.14. The average Bonchev–Trinajstić information content (AvgIpc) is 2.59. The number of nitriles is 1. The number of hydrogen-bond donors (Lipinski definition) is 0. The summed E-state index contributed by atoms with van der Waals surface area (Å²) in [5, 5.41) is 9.40. The van der Waals surface area contributed by atoms with E-state index in [2.05, 4.69) is 6.07 Å². The zero-order valence-electron chi connectivity index (χ0n) is 12.8. The molecule has 114 valence electrons. The summed E-state index contributed by atoms with van der Waals surface area (Å²) < 4.78 is 16.2. The van der Waals surface area contributed by atoms with Crippen LogP contribution in [0.1, 0.15) is 17.9 Å². The van der Waals surface area contributed by atoms with Gasteiger partial charge in [0.25, 0.3) is 0 Å². The summed E-state index contributed by atoms with van der Waals surface area (Å²) in [5.41, 5.74) is 0.891. The summed E-state index contributed by atoms with van der Waals surface area (Å²) in [5.74, 6) is 1.95. The molecule has 4 heteroatoms. The number of rotatable bonds is 7. The highest BCUT2D eigenvalue weighted by atomic mass is 16.5. The van der Waals surface area contributed by atoms with Crippen LogP contribution in [0.4, 0.5) is 0 Å². The third-order valence-electron chi connectivity index (χ3n) is 3.39. The maximum Gasteiger partial charge on any atom is 0.123 e. The minimum Gasteiger partial charge on any atom is -0.497 e. The second-order valence-corrected chi connectivity index (χ2v) is 4.74. The number of nitrogens with zero attached hydrogens (tertiary/aromatic N) is 1.